The van der Waals surface area contributed by atoms with Crippen molar-refractivity contribution in [3.8, 4) is 6.07 Å². The SMILES string of the molecule is C=CCOCc1nc2cnc3c(ccn3S(=O)(=O)c3ccccc3)c2n1C1CCC(=CC#N)CC1. The van der Waals surface area contributed by atoms with Gasteiger partial charge in [0.15, 0.2) is 5.65 Å². The van der Waals surface area contributed by atoms with E-state index in [1.54, 1.807) is 60.9 Å². The molecule has 8 nitrogen and oxygen atoms in total. The first kappa shape index (κ1) is 23.0. The molecule has 0 spiro atoms. The molecule has 0 radical (unpaired) electrons. The second-order valence-corrected chi connectivity index (χ2v) is 10.3. The first-order valence-corrected chi connectivity index (χ1v) is 12.9. The number of nitriles is 1. The van der Waals surface area contributed by atoms with Gasteiger partial charge in [-0.1, -0.05) is 29.8 Å². The van der Waals surface area contributed by atoms with E-state index < -0.39 is 10.0 Å². The molecule has 1 fully saturated rings. The number of benzene rings is 1. The van der Waals surface area contributed by atoms with Gasteiger partial charge in [-0.3, -0.25) is 0 Å². The van der Waals surface area contributed by atoms with Gasteiger partial charge in [0.1, 0.15) is 17.9 Å². The fourth-order valence-electron chi connectivity index (χ4n) is 4.79. The number of rotatable bonds is 7. The molecule has 178 valence electrons. The van der Waals surface area contributed by atoms with E-state index >= 15 is 0 Å². The summed E-state index contributed by atoms with van der Waals surface area (Å²) in [4.78, 5) is 9.51. The summed E-state index contributed by atoms with van der Waals surface area (Å²) in [5.41, 5.74) is 3.07. The summed E-state index contributed by atoms with van der Waals surface area (Å²) in [5.74, 6) is 0.771. The van der Waals surface area contributed by atoms with Crippen molar-refractivity contribution in [2.45, 2.75) is 43.2 Å². The van der Waals surface area contributed by atoms with Crippen LogP contribution >= 0.6 is 0 Å². The highest BCUT2D eigenvalue weighted by atomic mass is 32.2. The van der Waals surface area contributed by atoms with E-state index in [0.29, 0.717) is 24.4 Å². The van der Waals surface area contributed by atoms with Crippen LogP contribution in [-0.2, 0) is 21.4 Å². The van der Waals surface area contributed by atoms with Crippen molar-refractivity contribution >= 4 is 32.1 Å². The summed E-state index contributed by atoms with van der Waals surface area (Å²) >= 11 is 0. The number of allylic oxidation sites excluding steroid dienone is 2. The Hall–Kier alpha value is -3.74. The third-order valence-corrected chi connectivity index (χ3v) is 8.08. The maximum absolute atomic E-state index is 13.3. The minimum Gasteiger partial charge on any atom is -0.369 e. The minimum atomic E-state index is -3.80. The normalized spacial score (nSPS) is 16.4. The Kier molecular flexibility index (Phi) is 6.24. The third kappa shape index (κ3) is 4.16. The summed E-state index contributed by atoms with van der Waals surface area (Å²) in [5, 5.41) is 9.74. The highest BCUT2D eigenvalue weighted by Gasteiger charge is 2.27. The fourth-order valence-corrected chi connectivity index (χ4v) is 6.11. The number of pyridine rings is 1. The van der Waals surface area contributed by atoms with Crippen LogP contribution < -0.4 is 0 Å². The maximum atomic E-state index is 13.3. The smallest absolute Gasteiger partial charge is 0.269 e. The van der Waals surface area contributed by atoms with Crippen LogP contribution in [0.4, 0.5) is 0 Å². The average molecular weight is 488 g/mol. The monoisotopic (exact) mass is 487 g/mol. The Balaban J connectivity index is 1.66. The molecule has 1 saturated carbocycles. The van der Waals surface area contributed by atoms with Gasteiger partial charge in [-0.2, -0.15) is 5.26 Å². The number of imidazole rings is 1. The zero-order valence-electron chi connectivity index (χ0n) is 19.2. The first-order chi connectivity index (χ1) is 17.0. The van der Waals surface area contributed by atoms with Gasteiger partial charge >= 0.3 is 0 Å². The number of hydrogen-bond acceptors (Lipinski definition) is 6. The molecule has 0 bridgehead atoms. The Morgan fingerprint density at radius 2 is 1.97 bits per heavy atom. The molecule has 1 aromatic carbocycles. The van der Waals surface area contributed by atoms with E-state index in [0.717, 1.165) is 48.0 Å². The van der Waals surface area contributed by atoms with Crippen LogP contribution in [0.3, 0.4) is 0 Å². The van der Waals surface area contributed by atoms with Crippen molar-refractivity contribution in [3.05, 3.63) is 78.9 Å². The van der Waals surface area contributed by atoms with Gasteiger partial charge in [0.05, 0.1) is 29.3 Å². The third-order valence-electron chi connectivity index (χ3n) is 6.40. The van der Waals surface area contributed by atoms with Crippen LogP contribution in [0.15, 0.2) is 78.0 Å². The lowest BCUT2D eigenvalue weighted by Gasteiger charge is -2.27. The van der Waals surface area contributed by atoms with Crippen LogP contribution in [0.1, 0.15) is 37.5 Å². The van der Waals surface area contributed by atoms with E-state index in [-0.39, 0.29) is 10.9 Å². The van der Waals surface area contributed by atoms with Crippen LogP contribution in [-0.4, -0.2) is 33.5 Å². The highest BCUT2D eigenvalue weighted by Crippen LogP contribution is 2.37. The van der Waals surface area contributed by atoms with Crippen LogP contribution in [0.5, 0.6) is 0 Å². The first-order valence-electron chi connectivity index (χ1n) is 11.5. The van der Waals surface area contributed by atoms with Gasteiger partial charge in [-0.05, 0) is 43.9 Å². The molecule has 4 aromatic rings. The molecule has 0 unspecified atom stereocenters. The Bertz CT molecular complexity index is 1570. The molecule has 0 atom stereocenters. The zero-order chi connectivity index (χ0) is 24.4. The van der Waals surface area contributed by atoms with E-state index in [1.807, 2.05) is 0 Å². The highest BCUT2D eigenvalue weighted by molar-refractivity contribution is 7.90. The van der Waals surface area contributed by atoms with E-state index in [2.05, 4.69) is 22.2 Å². The lowest BCUT2D eigenvalue weighted by atomic mass is 9.90. The number of ether oxygens (including phenoxy) is 1. The molecule has 1 aliphatic rings. The van der Waals surface area contributed by atoms with Gasteiger partial charge in [-0.15, -0.1) is 6.58 Å². The van der Waals surface area contributed by atoms with Gasteiger partial charge in [0.2, 0.25) is 0 Å². The van der Waals surface area contributed by atoms with Crippen molar-refractivity contribution in [2.75, 3.05) is 6.61 Å². The number of fused-ring (bicyclic) bond motifs is 3. The van der Waals surface area contributed by atoms with Crippen molar-refractivity contribution in [3.63, 3.8) is 0 Å². The second-order valence-electron chi connectivity index (χ2n) is 8.52. The predicted molar refractivity (Wildman–Crippen MR) is 133 cm³/mol. The lowest BCUT2D eigenvalue weighted by Crippen LogP contribution is -2.17. The van der Waals surface area contributed by atoms with Crippen molar-refractivity contribution in [2.24, 2.45) is 0 Å². The quantitative estimate of drug-likeness (QED) is 0.209. The molecule has 0 saturated heterocycles. The van der Waals surface area contributed by atoms with Gasteiger partial charge in [-0.25, -0.2) is 22.4 Å². The van der Waals surface area contributed by atoms with Crippen molar-refractivity contribution in [1.29, 1.82) is 5.26 Å². The summed E-state index contributed by atoms with van der Waals surface area (Å²) < 4.78 is 35.9. The van der Waals surface area contributed by atoms with Crippen molar-refractivity contribution in [1.82, 2.24) is 18.5 Å². The standard InChI is InChI=1S/C26H25N5O3S/c1-2-16-34-18-24-29-23-17-28-26-22(13-15-30(26)35(32,33)21-6-4-3-5-7-21)25(23)31(24)20-10-8-19(9-11-20)12-14-27/h2-7,12-13,15,17,20H,1,8-11,16,18H2. The zero-order valence-corrected chi connectivity index (χ0v) is 20.0. The fraction of sp³-hybridized carbons (Fsp3) is 0.269. The second kappa shape index (κ2) is 9.49. The largest absolute Gasteiger partial charge is 0.369 e. The molecule has 9 heteroatoms. The van der Waals surface area contributed by atoms with Gasteiger partial charge in [0, 0.05) is 23.7 Å². The molecule has 5 rings (SSSR count). The van der Waals surface area contributed by atoms with E-state index in [1.165, 1.54) is 3.97 Å². The van der Waals surface area contributed by atoms with E-state index in [9.17, 15) is 8.42 Å². The van der Waals surface area contributed by atoms with Crippen LogP contribution in [0.25, 0.3) is 22.1 Å². The van der Waals surface area contributed by atoms with Crippen LogP contribution in [0.2, 0.25) is 0 Å². The molecule has 1 aliphatic carbocycles. The topological polar surface area (TPSA) is 103 Å². The van der Waals surface area contributed by atoms with E-state index in [4.69, 9.17) is 15.0 Å². The maximum Gasteiger partial charge on any atom is 0.269 e. The molecule has 35 heavy (non-hydrogen) atoms. The summed E-state index contributed by atoms with van der Waals surface area (Å²) in [6, 6.07) is 12.4. The Labute approximate surface area is 203 Å². The minimum absolute atomic E-state index is 0.151. The summed E-state index contributed by atoms with van der Waals surface area (Å²) in [7, 11) is -3.80. The molecular formula is C26H25N5O3S. The lowest BCUT2D eigenvalue weighted by molar-refractivity contribution is 0.138. The number of nitrogens with zero attached hydrogens (tertiary/aromatic N) is 5. The molecule has 0 N–H and O–H groups in total. The average Bonchev–Trinajstić information content (AvgIpc) is 3.47. The molecule has 0 aliphatic heterocycles. The molecule has 0 amide bonds. The Morgan fingerprint density at radius 1 is 1.20 bits per heavy atom. The van der Waals surface area contributed by atoms with Gasteiger partial charge < -0.3 is 9.30 Å². The molecular weight excluding hydrogens is 462 g/mol. The predicted octanol–water partition coefficient (Wildman–Crippen LogP) is 4.89. The summed E-state index contributed by atoms with van der Waals surface area (Å²) in [6.45, 7) is 4.42. The number of hydrogen-bond donors (Lipinski definition) is 0. The molecule has 3 heterocycles. The Morgan fingerprint density at radius 3 is 2.69 bits per heavy atom. The number of aromatic nitrogens is 4. The van der Waals surface area contributed by atoms with Crippen LogP contribution in [0, 0.1) is 11.3 Å². The van der Waals surface area contributed by atoms with Crippen molar-refractivity contribution < 1.29 is 13.2 Å². The molecule has 3 aromatic heterocycles. The summed E-state index contributed by atoms with van der Waals surface area (Å²) in [6.07, 6.45) is 9.92. The van der Waals surface area contributed by atoms with Gasteiger partial charge in [0.25, 0.3) is 10.0 Å².